The number of nitrogens with two attached hydrogens (primary N) is 2. The normalized spacial score (nSPS) is 11.6. The molecular formula is C27H28ClFN4O3. The van der Waals surface area contributed by atoms with E-state index in [0.717, 1.165) is 28.5 Å². The fourth-order valence-corrected chi connectivity index (χ4v) is 4.06. The van der Waals surface area contributed by atoms with Gasteiger partial charge in [-0.1, -0.05) is 36.4 Å². The first-order valence-electron chi connectivity index (χ1n) is 11.4. The number of aromatic amines is 1. The number of amides is 1. The van der Waals surface area contributed by atoms with Crippen molar-refractivity contribution in [2.24, 2.45) is 11.5 Å². The van der Waals surface area contributed by atoms with E-state index in [1.807, 2.05) is 18.2 Å². The average Bonchev–Trinajstić information content (AvgIpc) is 3.25. The molecule has 7 N–H and O–H groups in total. The number of rotatable bonds is 9. The average molecular weight is 511 g/mol. The van der Waals surface area contributed by atoms with E-state index < -0.39 is 5.97 Å². The summed E-state index contributed by atoms with van der Waals surface area (Å²) < 4.78 is 13.4. The number of halogens is 2. The number of aromatic carboxylic acids is 1. The molecule has 1 heterocycles. The number of nitrogens with one attached hydrogen (secondary N) is 2. The van der Waals surface area contributed by atoms with Gasteiger partial charge in [-0.05, 0) is 66.4 Å². The summed E-state index contributed by atoms with van der Waals surface area (Å²) in [6.07, 6.45) is 1.48. The molecule has 1 atom stereocenters. The summed E-state index contributed by atoms with van der Waals surface area (Å²) in [6, 6.07) is 18.1. The van der Waals surface area contributed by atoms with Crippen molar-refractivity contribution in [3.05, 3.63) is 83.8 Å². The number of benzene rings is 3. The highest BCUT2D eigenvalue weighted by atomic mass is 35.5. The van der Waals surface area contributed by atoms with Gasteiger partial charge in [0.05, 0.1) is 5.56 Å². The third-order valence-electron chi connectivity index (χ3n) is 5.93. The summed E-state index contributed by atoms with van der Waals surface area (Å²) in [6.45, 7) is 0.836. The maximum Gasteiger partial charge on any atom is 0.335 e. The number of carbonyl (C=O) groups excluding carboxylic acids is 1. The van der Waals surface area contributed by atoms with Crippen molar-refractivity contribution in [2.75, 3.05) is 13.1 Å². The number of H-pyrrole nitrogens is 1. The molecule has 7 nitrogen and oxygen atoms in total. The van der Waals surface area contributed by atoms with Crippen LogP contribution >= 0.6 is 12.4 Å². The lowest BCUT2D eigenvalue weighted by Crippen LogP contribution is -2.37. The topological polar surface area (TPSA) is 134 Å². The lowest BCUT2D eigenvalue weighted by Gasteiger charge is -2.12. The highest BCUT2D eigenvalue weighted by Gasteiger charge is 2.20. The maximum atomic E-state index is 13.4. The van der Waals surface area contributed by atoms with Gasteiger partial charge in [-0.2, -0.15) is 0 Å². The van der Waals surface area contributed by atoms with Crippen LogP contribution in [-0.2, 0) is 0 Å². The Bertz CT molecular complexity index is 1350. The quantitative estimate of drug-likeness (QED) is 0.225. The summed E-state index contributed by atoms with van der Waals surface area (Å²) in [5, 5.41) is 12.9. The molecule has 0 fully saturated rings. The van der Waals surface area contributed by atoms with Crippen LogP contribution in [0.15, 0.2) is 66.7 Å². The van der Waals surface area contributed by atoms with Crippen LogP contribution in [0.2, 0.25) is 0 Å². The molecule has 0 saturated heterocycles. The number of carboxylic acid groups (broad SMARTS) is 1. The molecule has 4 rings (SSSR count). The molecule has 1 aromatic heterocycles. The number of hydrogen-bond acceptors (Lipinski definition) is 4. The Morgan fingerprint density at radius 1 is 0.972 bits per heavy atom. The largest absolute Gasteiger partial charge is 0.478 e. The van der Waals surface area contributed by atoms with Crippen molar-refractivity contribution < 1.29 is 19.1 Å². The monoisotopic (exact) mass is 510 g/mol. The molecule has 0 spiro atoms. The molecule has 1 amide bonds. The van der Waals surface area contributed by atoms with Gasteiger partial charge in [0.25, 0.3) is 5.91 Å². The third kappa shape index (κ3) is 5.91. The molecular weight excluding hydrogens is 483 g/mol. The molecule has 0 bridgehead atoms. The van der Waals surface area contributed by atoms with E-state index in [1.165, 1.54) is 24.3 Å². The van der Waals surface area contributed by atoms with Crippen LogP contribution in [0.5, 0.6) is 0 Å². The van der Waals surface area contributed by atoms with Crippen molar-refractivity contribution in [3.8, 4) is 22.3 Å². The van der Waals surface area contributed by atoms with Crippen LogP contribution in [0.3, 0.4) is 0 Å². The summed E-state index contributed by atoms with van der Waals surface area (Å²) in [5.41, 5.74) is 15.9. The highest BCUT2D eigenvalue weighted by Crippen LogP contribution is 2.35. The van der Waals surface area contributed by atoms with E-state index in [0.29, 0.717) is 36.3 Å². The Morgan fingerprint density at radius 2 is 1.61 bits per heavy atom. The minimum absolute atomic E-state index is 0. The second-order valence-electron chi connectivity index (χ2n) is 8.43. The van der Waals surface area contributed by atoms with Crippen LogP contribution < -0.4 is 16.8 Å². The first-order chi connectivity index (χ1) is 16.9. The second kappa shape index (κ2) is 11.8. The molecule has 0 aliphatic rings. The van der Waals surface area contributed by atoms with Crippen molar-refractivity contribution in [2.45, 2.75) is 18.9 Å². The van der Waals surface area contributed by atoms with Crippen molar-refractivity contribution in [1.29, 1.82) is 0 Å². The summed E-state index contributed by atoms with van der Waals surface area (Å²) in [7, 11) is 0. The number of carbonyl (C=O) groups is 2. The molecule has 1 unspecified atom stereocenters. The number of carboxylic acids is 1. The van der Waals surface area contributed by atoms with E-state index in [4.69, 9.17) is 11.5 Å². The van der Waals surface area contributed by atoms with Gasteiger partial charge in [0, 0.05) is 29.1 Å². The van der Waals surface area contributed by atoms with Crippen LogP contribution in [0.4, 0.5) is 4.39 Å². The minimum Gasteiger partial charge on any atom is -0.478 e. The predicted octanol–water partition coefficient (Wildman–Crippen LogP) is 4.56. The van der Waals surface area contributed by atoms with Crippen LogP contribution in [0, 0.1) is 5.82 Å². The molecule has 0 aliphatic carbocycles. The van der Waals surface area contributed by atoms with Crippen LogP contribution in [0.25, 0.3) is 33.2 Å². The molecule has 0 aliphatic heterocycles. The Hall–Kier alpha value is -3.72. The van der Waals surface area contributed by atoms with E-state index in [9.17, 15) is 19.1 Å². The fraction of sp³-hybridized carbons (Fsp3) is 0.185. The second-order valence-corrected chi connectivity index (χ2v) is 8.43. The van der Waals surface area contributed by atoms with Gasteiger partial charge in [0.15, 0.2) is 0 Å². The Morgan fingerprint density at radius 3 is 2.25 bits per heavy atom. The van der Waals surface area contributed by atoms with E-state index in [1.54, 1.807) is 24.3 Å². The molecule has 36 heavy (non-hydrogen) atoms. The third-order valence-corrected chi connectivity index (χ3v) is 5.93. The van der Waals surface area contributed by atoms with Crippen molar-refractivity contribution in [3.63, 3.8) is 0 Å². The standard InChI is InChI=1S/C27H27FN4O3.ClH/c28-20-10-7-16(8-11-20)19-9-12-22-23(14-19)32-25(26(33)31-15-21(30)2-1-13-29)24(22)17-3-5-18(6-4-17)27(34)35;/h3-12,14,21,32H,1-2,13,15,29-30H2,(H,31,33)(H,34,35);1H. The van der Waals surface area contributed by atoms with Crippen LogP contribution in [-0.4, -0.2) is 41.1 Å². The highest BCUT2D eigenvalue weighted by molar-refractivity contribution is 6.10. The van der Waals surface area contributed by atoms with E-state index >= 15 is 0 Å². The molecule has 188 valence electrons. The number of aromatic nitrogens is 1. The van der Waals surface area contributed by atoms with Gasteiger partial charge in [0.1, 0.15) is 11.5 Å². The first-order valence-corrected chi connectivity index (χ1v) is 11.4. The zero-order chi connectivity index (χ0) is 24.9. The van der Waals surface area contributed by atoms with Gasteiger partial charge in [0.2, 0.25) is 0 Å². The van der Waals surface area contributed by atoms with Gasteiger partial charge < -0.3 is 26.9 Å². The number of hydrogen-bond donors (Lipinski definition) is 5. The van der Waals surface area contributed by atoms with Gasteiger partial charge >= 0.3 is 5.97 Å². The fourth-order valence-electron chi connectivity index (χ4n) is 4.06. The van der Waals surface area contributed by atoms with Crippen molar-refractivity contribution in [1.82, 2.24) is 10.3 Å². The van der Waals surface area contributed by atoms with Crippen molar-refractivity contribution >= 4 is 35.2 Å². The predicted molar refractivity (Wildman–Crippen MR) is 142 cm³/mol. The zero-order valence-corrected chi connectivity index (χ0v) is 20.3. The molecule has 0 radical (unpaired) electrons. The summed E-state index contributed by atoms with van der Waals surface area (Å²) in [5.74, 6) is -1.65. The molecule has 9 heteroatoms. The van der Waals surface area contributed by atoms with Gasteiger partial charge in [-0.25, -0.2) is 9.18 Å². The lowest BCUT2D eigenvalue weighted by molar-refractivity contribution is 0.0696. The Balaban J connectivity index is 0.00000361. The van der Waals surface area contributed by atoms with Gasteiger partial charge in [-0.3, -0.25) is 4.79 Å². The lowest BCUT2D eigenvalue weighted by atomic mass is 9.98. The minimum atomic E-state index is -1.02. The smallest absolute Gasteiger partial charge is 0.335 e. The Labute approximate surface area is 214 Å². The summed E-state index contributed by atoms with van der Waals surface area (Å²) >= 11 is 0. The molecule has 0 saturated carbocycles. The Kier molecular flexibility index (Phi) is 8.82. The maximum absolute atomic E-state index is 13.4. The van der Waals surface area contributed by atoms with Crippen LogP contribution in [0.1, 0.15) is 33.7 Å². The van der Waals surface area contributed by atoms with E-state index in [-0.39, 0.29) is 35.7 Å². The SMILES string of the molecule is Cl.NCCCC(N)CNC(=O)c1[nH]c2cc(-c3ccc(F)cc3)ccc2c1-c1ccc(C(=O)O)cc1. The zero-order valence-electron chi connectivity index (χ0n) is 19.5. The molecule has 3 aromatic carbocycles. The van der Waals surface area contributed by atoms with E-state index in [2.05, 4.69) is 10.3 Å². The van der Waals surface area contributed by atoms with Gasteiger partial charge in [-0.15, -0.1) is 12.4 Å². The molecule has 4 aromatic rings. The summed E-state index contributed by atoms with van der Waals surface area (Å²) in [4.78, 5) is 27.7. The first kappa shape index (κ1) is 26.9. The number of fused-ring (bicyclic) bond motifs is 1.